The van der Waals surface area contributed by atoms with Crippen molar-refractivity contribution in [2.24, 2.45) is 17.8 Å². The van der Waals surface area contributed by atoms with Gasteiger partial charge >= 0.3 is 0 Å². The Kier molecular flexibility index (Phi) is 4.83. The first-order chi connectivity index (χ1) is 15.1. The first kappa shape index (κ1) is 19.7. The van der Waals surface area contributed by atoms with E-state index in [0.29, 0.717) is 0 Å². The third-order valence-electron chi connectivity index (χ3n) is 7.50. The molecule has 0 unspecified atom stereocenters. The molecule has 2 heterocycles. The SMILES string of the molecule is COc1ccc(CSc2nnc(-c3snnc3C)n2C23CC4CC(CC(C4)C2)C3)cc1. The first-order valence-corrected chi connectivity index (χ1v) is 12.9. The zero-order valence-electron chi connectivity index (χ0n) is 18.0. The highest BCUT2D eigenvalue weighted by atomic mass is 32.2. The number of rotatable bonds is 6. The molecule has 4 saturated carbocycles. The number of aryl methyl sites for hydroxylation is 1. The van der Waals surface area contributed by atoms with Gasteiger partial charge in [-0.05, 0) is 92.4 Å². The number of aromatic nitrogens is 5. The van der Waals surface area contributed by atoms with Crippen LogP contribution in [0, 0.1) is 24.7 Å². The number of hydrogen-bond acceptors (Lipinski definition) is 7. The summed E-state index contributed by atoms with van der Waals surface area (Å²) in [7, 11) is 1.70. The van der Waals surface area contributed by atoms with Gasteiger partial charge < -0.3 is 4.74 Å². The molecule has 8 heteroatoms. The summed E-state index contributed by atoms with van der Waals surface area (Å²) in [6.45, 7) is 2.03. The van der Waals surface area contributed by atoms with Crippen molar-refractivity contribution in [1.82, 2.24) is 24.4 Å². The minimum Gasteiger partial charge on any atom is -0.497 e. The average molecular weight is 454 g/mol. The van der Waals surface area contributed by atoms with Gasteiger partial charge in [0.2, 0.25) is 0 Å². The highest BCUT2D eigenvalue weighted by Crippen LogP contribution is 2.60. The molecule has 0 spiro atoms. The molecule has 4 bridgehead atoms. The van der Waals surface area contributed by atoms with E-state index in [-0.39, 0.29) is 5.54 Å². The van der Waals surface area contributed by atoms with Crippen LogP contribution < -0.4 is 4.74 Å². The monoisotopic (exact) mass is 453 g/mol. The molecule has 0 aliphatic heterocycles. The lowest BCUT2D eigenvalue weighted by molar-refractivity contribution is -0.0464. The summed E-state index contributed by atoms with van der Waals surface area (Å²) in [6.07, 6.45) is 8.08. The van der Waals surface area contributed by atoms with E-state index in [1.807, 2.05) is 19.1 Å². The fourth-order valence-corrected chi connectivity index (χ4v) is 8.21. The highest BCUT2D eigenvalue weighted by molar-refractivity contribution is 7.98. The zero-order valence-corrected chi connectivity index (χ0v) is 19.6. The molecule has 2 aromatic heterocycles. The third-order valence-corrected chi connectivity index (χ3v) is 9.32. The summed E-state index contributed by atoms with van der Waals surface area (Å²) in [5.41, 5.74) is 2.38. The predicted molar refractivity (Wildman–Crippen MR) is 122 cm³/mol. The van der Waals surface area contributed by atoms with Gasteiger partial charge in [-0.25, -0.2) is 0 Å². The minimum atomic E-state index is 0.159. The lowest BCUT2D eigenvalue weighted by Crippen LogP contribution is -2.52. The molecule has 162 valence electrons. The Bertz CT molecular complexity index is 1050. The fraction of sp³-hybridized carbons (Fsp3) is 0.565. The Morgan fingerprint density at radius 1 is 1.03 bits per heavy atom. The number of thioether (sulfide) groups is 1. The number of ether oxygens (including phenoxy) is 1. The van der Waals surface area contributed by atoms with Crippen molar-refractivity contribution in [2.45, 2.75) is 61.9 Å². The van der Waals surface area contributed by atoms with Gasteiger partial charge in [0, 0.05) is 11.3 Å². The normalized spacial score (nSPS) is 28.9. The molecule has 7 rings (SSSR count). The van der Waals surface area contributed by atoms with Gasteiger partial charge in [-0.3, -0.25) is 4.57 Å². The van der Waals surface area contributed by atoms with Gasteiger partial charge in [-0.2, -0.15) is 0 Å². The van der Waals surface area contributed by atoms with Crippen molar-refractivity contribution in [3.63, 3.8) is 0 Å². The van der Waals surface area contributed by atoms with Crippen molar-refractivity contribution in [2.75, 3.05) is 7.11 Å². The molecule has 0 radical (unpaired) electrons. The van der Waals surface area contributed by atoms with Crippen LogP contribution in [-0.4, -0.2) is 31.5 Å². The van der Waals surface area contributed by atoms with Crippen LogP contribution in [0.1, 0.15) is 49.8 Å². The van der Waals surface area contributed by atoms with Gasteiger partial charge in [-0.15, -0.1) is 15.3 Å². The predicted octanol–water partition coefficient (Wildman–Crippen LogP) is 5.33. The number of methoxy groups -OCH3 is 1. The van der Waals surface area contributed by atoms with Crippen molar-refractivity contribution in [1.29, 1.82) is 0 Å². The quantitative estimate of drug-likeness (QED) is 0.470. The van der Waals surface area contributed by atoms with E-state index in [1.165, 1.54) is 55.6 Å². The van der Waals surface area contributed by atoms with Gasteiger partial charge in [0.15, 0.2) is 11.0 Å². The fourth-order valence-electron chi connectivity index (χ4n) is 6.58. The van der Waals surface area contributed by atoms with Crippen molar-refractivity contribution in [3.05, 3.63) is 35.5 Å². The molecular weight excluding hydrogens is 426 g/mol. The molecule has 0 amide bonds. The van der Waals surface area contributed by atoms with Crippen LogP contribution >= 0.6 is 23.3 Å². The number of hydrogen-bond donors (Lipinski definition) is 0. The van der Waals surface area contributed by atoms with Crippen LogP contribution in [-0.2, 0) is 11.3 Å². The van der Waals surface area contributed by atoms with Crippen molar-refractivity contribution in [3.8, 4) is 16.5 Å². The summed E-state index contributed by atoms with van der Waals surface area (Å²) >= 11 is 3.24. The molecule has 3 aromatic rings. The minimum absolute atomic E-state index is 0.159. The molecule has 0 saturated heterocycles. The van der Waals surface area contributed by atoms with E-state index in [1.54, 1.807) is 18.9 Å². The maximum atomic E-state index is 5.30. The molecular formula is C23H27N5OS2. The Balaban J connectivity index is 1.38. The van der Waals surface area contributed by atoms with Crippen LogP contribution in [0.3, 0.4) is 0 Å². The Morgan fingerprint density at radius 2 is 1.71 bits per heavy atom. The Morgan fingerprint density at radius 3 is 2.29 bits per heavy atom. The van der Waals surface area contributed by atoms with Crippen LogP contribution in [0.25, 0.3) is 10.7 Å². The maximum Gasteiger partial charge on any atom is 0.192 e. The molecule has 0 N–H and O–H groups in total. The van der Waals surface area contributed by atoms with E-state index in [4.69, 9.17) is 14.9 Å². The van der Waals surface area contributed by atoms with Crippen LogP contribution in [0.15, 0.2) is 29.4 Å². The van der Waals surface area contributed by atoms with Crippen LogP contribution in [0.2, 0.25) is 0 Å². The second-order valence-electron chi connectivity index (χ2n) is 9.61. The molecule has 4 aliphatic carbocycles. The summed E-state index contributed by atoms with van der Waals surface area (Å²) in [4.78, 5) is 1.07. The average Bonchev–Trinajstić information content (AvgIpc) is 3.37. The van der Waals surface area contributed by atoms with Gasteiger partial charge in [0.05, 0.1) is 12.8 Å². The second kappa shape index (κ2) is 7.59. The Hall–Kier alpha value is -1.93. The summed E-state index contributed by atoms with van der Waals surface area (Å²) < 4.78 is 12.0. The summed E-state index contributed by atoms with van der Waals surface area (Å²) in [6, 6.07) is 8.32. The maximum absolute atomic E-state index is 5.30. The number of nitrogens with zero attached hydrogens (tertiary/aromatic N) is 5. The molecule has 4 aliphatic rings. The second-order valence-corrected chi connectivity index (χ2v) is 11.3. The van der Waals surface area contributed by atoms with E-state index >= 15 is 0 Å². The van der Waals surface area contributed by atoms with Gasteiger partial charge in [-0.1, -0.05) is 28.4 Å². The summed E-state index contributed by atoms with van der Waals surface area (Å²) in [5.74, 6) is 5.33. The van der Waals surface area contributed by atoms with Gasteiger partial charge in [0.25, 0.3) is 0 Å². The largest absolute Gasteiger partial charge is 0.497 e. The highest BCUT2D eigenvalue weighted by Gasteiger charge is 2.53. The smallest absolute Gasteiger partial charge is 0.192 e. The topological polar surface area (TPSA) is 65.7 Å². The van der Waals surface area contributed by atoms with Crippen LogP contribution in [0.4, 0.5) is 0 Å². The van der Waals surface area contributed by atoms with E-state index in [9.17, 15) is 0 Å². The van der Waals surface area contributed by atoms with E-state index < -0.39 is 0 Å². The van der Waals surface area contributed by atoms with Crippen LogP contribution in [0.5, 0.6) is 5.75 Å². The lowest BCUT2D eigenvalue weighted by Gasteiger charge is -2.57. The van der Waals surface area contributed by atoms with E-state index in [0.717, 1.165) is 50.8 Å². The first-order valence-electron chi connectivity index (χ1n) is 11.1. The summed E-state index contributed by atoms with van der Waals surface area (Å²) in [5, 5.41) is 14.8. The zero-order chi connectivity index (χ0) is 21.0. The Labute approximate surface area is 191 Å². The van der Waals surface area contributed by atoms with Crippen molar-refractivity contribution < 1.29 is 4.74 Å². The molecule has 0 atom stereocenters. The third kappa shape index (κ3) is 3.39. The molecule has 1 aromatic carbocycles. The molecule has 31 heavy (non-hydrogen) atoms. The standard InChI is InChI=1S/C23H27N5OS2/c1-14-20(31-27-24-14)21-25-26-22(30-13-15-3-5-19(29-2)6-4-15)28(21)23-10-16-7-17(11-23)9-18(8-16)12-23/h3-6,16-18H,7-13H2,1-2H3. The number of benzene rings is 1. The lowest BCUT2D eigenvalue weighted by atomic mass is 9.53. The van der Waals surface area contributed by atoms with Crippen molar-refractivity contribution >= 4 is 23.3 Å². The van der Waals surface area contributed by atoms with E-state index in [2.05, 4.69) is 26.3 Å². The molecule has 4 fully saturated rings. The van der Waals surface area contributed by atoms with Gasteiger partial charge in [0.1, 0.15) is 10.6 Å². The molecule has 6 nitrogen and oxygen atoms in total.